The van der Waals surface area contributed by atoms with Crippen LogP contribution >= 0.6 is 0 Å². The van der Waals surface area contributed by atoms with Gasteiger partial charge >= 0.3 is 5.63 Å². The predicted molar refractivity (Wildman–Crippen MR) is 111 cm³/mol. The molecule has 0 aliphatic rings. The molecule has 0 saturated carbocycles. The van der Waals surface area contributed by atoms with Crippen LogP contribution in [-0.2, 0) is 11.2 Å². The largest absolute Gasteiger partial charge is 0.480 e. The third-order valence-corrected chi connectivity index (χ3v) is 4.90. The Labute approximate surface area is 169 Å². The van der Waals surface area contributed by atoms with E-state index in [-0.39, 0.29) is 12.5 Å². The number of hydrogen-bond donors (Lipinski definition) is 2. The van der Waals surface area contributed by atoms with Gasteiger partial charge in [-0.15, -0.1) is 0 Å². The fraction of sp³-hybridized carbons (Fsp3) is 0.304. The number of benzene rings is 2. The van der Waals surface area contributed by atoms with Crippen LogP contribution in [0.15, 0.2) is 57.7 Å². The van der Waals surface area contributed by atoms with Crippen molar-refractivity contribution in [2.24, 2.45) is 0 Å². The van der Waals surface area contributed by atoms with E-state index in [1.54, 1.807) is 32.0 Å². The summed E-state index contributed by atoms with van der Waals surface area (Å²) in [6.07, 6.45) is -0.865. The molecule has 1 heterocycles. The summed E-state index contributed by atoms with van der Waals surface area (Å²) < 4.78 is 11.2. The molecule has 2 N–H and O–H groups in total. The number of carbonyl (C=O) groups excluding carboxylic acids is 1. The van der Waals surface area contributed by atoms with Gasteiger partial charge in [0.05, 0.1) is 6.10 Å². The number of aliphatic hydroxyl groups excluding tert-OH is 1. The van der Waals surface area contributed by atoms with Crippen LogP contribution in [0.1, 0.15) is 36.6 Å². The third-order valence-electron chi connectivity index (χ3n) is 4.90. The van der Waals surface area contributed by atoms with Gasteiger partial charge in [-0.1, -0.05) is 37.3 Å². The van der Waals surface area contributed by atoms with E-state index in [0.717, 1.165) is 16.5 Å². The summed E-state index contributed by atoms with van der Waals surface area (Å²) in [5.41, 5.74) is 2.37. The summed E-state index contributed by atoms with van der Waals surface area (Å²) in [5.74, 6) is 0.128. The summed E-state index contributed by atoms with van der Waals surface area (Å²) >= 11 is 0. The predicted octanol–water partition coefficient (Wildman–Crippen LogP) is 3.28. The van der Waals surface area contributed by atoms with Crippen LogP contribution in [0.4, 0.5) is 0 Å². The van der Waals surface area contributed by atoms with Gasteiger partial charge in [-0.2, -0.15) is 0 Å². The van der Waals surface area contributed by atoms with E-state index in [1.807, 2.05) is 31.2 Å². The molecule has 6 heteroatoms. The second-order valence-electron chi connectivity index (χ2n) is 6.94. The van der Waals surface area contributed by atoms with Crippen LogP contribution in [0, 0.1) is 6.92 Å². The summed E-state index contributed by atoms with van der Waals surface area (Å²) in [6, 6.07) is 14.2. The summed E-state index contributed by atoms with van der Waals surface area (Å²) in [7, 11) is 0. The highest BCUT2D eigenvalue weighted by atomic mass is 16.5. The lowest BCUT2D eigenvalue weighted by Crippen LogP contribution is -2.38. The molecule has 0 saturated heterocycles. The molecule has 1 amide bonds. The molecule has 0 aliphatic heterocycles. The van der Waals surface area contributed by atoms with Gasteiger partial charge in [0.1, 0.15) is 11.3 Å². The average molecular weight is 395 g/mol. The molecule has 3 rings (SSSR count). The van der Waals surface area contributed by atoms with Crippen LogP contribution in [0.3, 0.4) is 0 Å². The summed E-state index contributed by atoms with van der Waals surface area (Å²) in [5, 5.41) is 13.7. The quantitative estimate of drug-likeness (QED) is 0.600. The van der Waals surface area contributed by atoms with Crippen LogP contribution < -0.4 is 15.7 Å². The number of ether oxygens (including phenoxy) is 1. The molecule has 0 aliphatic carbocycles. The first kappa shape index (κ1) is 20.6. The maximum absolute atomic E-state index is 12.4. The van der Waals surface area contributed by atoms with E-state index in [0.29, 0.717) is 23.3 Å². The van der Waals surface area contributed by atoms with Crippen molar-refractivity contribution in [1.82, 2.24) is 5.32 Å². The van der Waals surface area contributed by atoms with Crippen molar-refractivity contribution >= 4 is 16.9 Å². The Balaban J connectivity index is 1.70. The molecule has 0 spiro atoms. The Hall–Kier alpha value is -3.12. The third kappa shape index (κ3) is 4.66. The number of hydrogen-bond acceptors (Lipinski definition) is 5. The van der Waals surface area contributed by atoms with Crippen molar-refractivity contribution in [2.75, 3.05) is 6.54 Å². The van der Waals surface area contributed by atoms with E-state index in [1.165, 1.54) is 6.07 Å². The first-order valence-corrected chi connectivity index (χ1v) is 9.64. The van der Waals surface area contributed by atoms with Crippen LogP contribution in [0.25, 0.3) is 11.0 Å². The van der Waals surface area contributed by atoms with E-state index in [2.05, 4.69) is 5.32 Å². The Bertz CT molecular complexity index is 1060. The van der Waals surface area contributed by atoms with Gasteiger partial charge in [-0.05, 0) is 43.5 Å². The van der Waals surface area contributed by atoms with E-state index in [9.17, 15) is 14.7 Å². The molecule has 0 radical (unpaired) electrons. The number of rotatable bonds is 7. The first-order chi connectivity index (χ1) is 13.9. The SMILES string of the molecule is CCc1cc(=O)oc2c(C)c(O[C@H](C)C(=O)NC[C@@H](O)c3ccccc3)ccc12. The summed E-state index contributed by atoms with van der Waals surface area (Å²) in [4.78, 5) is 24.2. The van der Waals surface area contributed by atoms with Gasteiger partial charge in [0, 0.05) is 23.6 Å². The second kappa shape index (κ2) is 8.92. The topological polar surface area (TPSA) is 88.8 Å². The van der Waals surface area contributed by atoms with Crippen LogP contribution in [0.5, 0.6) is 5.75 Å². The number of fused-ring (bicyclic) bond motifs is 1. The fourth-order valence-electron chi connectivity index (χ4n) is 3.21. The zero-order valence-electron chi connectivity index (χ0n) is 16.8. The highest BCUT2D eigenvalue weighted by molar-refractivity contribution is 5.85. The van der Waals surface area contributed by atoms with Crippen molar-refractivity contribution in [2.45, 2.75) is 39.4 Å². The molecule has 2 atom stereocenters. The number of aliphatic hydroxyl groups is 1. The van der Waals surface area contributed by atoms with Crippen molar-refractivity contribution in [3.05, 3.63) is 75.6 Å². The van der Waals surface area contributed by atoms with E-state index < -0.39 is 17.8 Å². The van der Waals surface area contributed by atoms with Crippen molar-refractivity contribution in [3.8, 4) is 5.75 Å². The second-order valence-corrected chi connectivity index (χ2v) is 6.94. The van der Waals surface area contributed by atoms with Gasteiger partial charge in [0.25, 0.3) is 5.91 Å². The van der Waals surface area contributed by atoms with Crippen molar-refractivity contribution in [3.63, 3.8) is 0 Å². The van der Waals surface area contributed by atoms with Gasteiger partial charge in [-0.3, -0.25) is 4.79 Å². The normalized spacial score (nSPS) is 13.1. The molecule has 0 fully saturated rings. The van der Waals surface area contributed by atoms with Gasteiger partial charge in [0.2, 0.25) is 0 Å². The monoisotopic (exact) mass is 395 g/mol. The molecule has 0 bridgehead atoms. The van der Waals surface area contributed by atoms with Crippen molar-refractivity contribution in [1.29, 1.82) is 0 Å². The fourth-order valence-corrected chi connectivity index (χ4v) is 3.21. The highest BCUT2D eigenvalue weighted by Crippen LogP contribution is 2.29. The maximum atomic E-state index is 12.4. The highest BCUT2D eigenvalue weighted by Gasteiger charge is 2.19. The van der Waals surface area contributed by atoms with Crippen molar-refractivity contribution < 1.29 is 19.1 Å². The minimum absolute atomic E-state index is 0.0853. The molecule has 29 heavy (non-hydrogen) atoms. The maximum Gasteiger partial charge on any atom is 0.336 e. The van der Waals surface area contributed by atoms with E-state index >= 15 is 0 Å². The first-order valence-electron chi connectivity index (χ1n) is 9.64. The molecule has 152 valence electrons. The van der Waals surface area contributed by atoms with Gasteiger partial charge < -0.3 is 19.6 Å². The molecule has 3 aromatic rings. The van der Waals surface area contributed by atoms with E-state index in [4.69, 9.17) is 9.15 Å². The minimum atomic E-state index is -0.795. The van der Waals surface area contributed by atoms with Gasteiger partial charge in [0.15, 0.2) is 6.10 Å². The average Bonchev–Trinajstić information content (AvgIpc) is 2.74. The smallest absolute Gasteiger partial charge is 0.336 e. The van der Waals surface area contributed by atoms with Crippen LogP contribution in [-0.4, -0.2) is 23.7 Å². The van der Waals surface area contributed by atoms with Gasteiger partial charge in [-0.25, -0.2) is 4.79 Å². The minimum Gasteiger partial charge on any atom is -0.480 e. The van der Waals surface area contributed by atoms with Crippen LogP contribution in [0.2, 0.25) is 0 Å². The Morgan fingerprint density at radius 2 is 1.93 bits per heavy atom. The standard InChI is InChI=1S/C23H25NO5/c1-4-16-12-21(26)29-22-14(2)20(11-10-18(16)22)28-15(3)23(27)24-13-19(25)17-8-6-5-7-9-17/h5-12,15,19,25H,4,13H2,1-3H3,(H,24,27)/t15-,19-/m1/s1. The molecule has 6 nitrogen and oxygen atoms in total. The summed E-state index contributed by atoms with van der Waals surface area (Å²) in [6.45, 7) is 5.49. The number of aryl methyl sites for hydroxylation is 2. The molecular weight excluding hydrogens is 370 g/mol. The molecule has 0 unspecified atom stereocenters. The Kier molecular flexibility index (Phi) is 6.34. The zero-order chi connectivity index (χ0) is 21.0. The zero-order valence-corrected chi connectivity index (χ0v) is 16.8. The lowest BCUT2D eigenvalue weighted by atomic mass is 10.0. The molecular formula is C23H25NO5. The number of carbonyl (C=O) groups is 1. The Morgan fingerprint density at radius 1 is 1.21 bits per heavy atom. The Morgan fingerprint density at radius 3 is 2.62 bits per heavy atom. The molecule has 1 aromatic heterocycles. The number of nitrogens with one attached hydrogen (secondary N) is 1. The lowest BCUT2D eigenvalue weighted by Gasteiger charge is -2.18. The molecule has 2 aromatic carbocycles. The lowest BCUT2D eigenvalue weighted by molar-refractivity contribution is -0.127. The number of amides is 1.